The van der Waals surface area contributed by atoms with E-state index in [1.54, 1.807) is 7.11 Å². The van der Waals surface area contributed by atoms with Crippen LogP contribution in [-0.4, -0.2) is 110 Å². The maximum atomic E-state index is 15.7. The second-order valence-corrected chi connectivity index (χ2v) is 16.1. The summed E-state index contributed by atoms with van der Waals surface area (Å²) in [7, 11) is -2.09. The lowest BCUT2D eigenvalue weighted by atomic mass is 9.85. The van der Waals surface area contributed by atoms with Crippen molar-refractivity contribution in [3.63, 3.8) is 0 Å². The lowest BCUT2D eigenvalue weighted by molar-refractivity contribution is -0.536. The standard InChI is InChI=1S/C26H47F2N7O5S2/c1-40-23-24(30-21-10-11-29-33-21)31-26(32-25(23)34-12-3-2-4-13-34)41-20-9-8-17(14-18(20)27)42(38,39)15-16-6-5-7-19(22(16)28)35(36)37/h16-26,29-33H,2-15H2,1H3. The van der Waals surface area contributed by atoms with Crippen molar-refractivity contribution in [1.82, 2.24) is 31.7 Å². The Hall–Kier alpha value is -0.720. The minimum absolute atomic E-state index is 0.0641. The summed E-state index contributed by atoms with van der Waals surface area (Å²) in [4.78, 5) is 13.0. The van der Waals surface area contributed by atoms with Gasteiger partial charge in [0.15, 0.2) is 16.0 Å². The van der Waals surface area contributed by atoms with Crippen molar-refractivity contribution in [1.29, 1.82) is 0 Å². The SMILES string of the molecule is COC1C(NC2CCNN2)NC(SC2CCC(S(=O)(=O)CC3CCCC([N+](=O)[O-])C3F)CC2F)NC1N1CCCCC1. The molecular formula is C26H47F2N7O5S2. The monoisotopic (exact) mass is 639 g/mol. The molecule has 2 saturated carbocycles. The van der Waals surface area contributed by atoms with Gasteiger partial charge in [0.05, 0.1) is 29.5 Å². The fourth-order valence-corrected chi connectivity index (χ4v) is 10.9. The number of halogens is 2. The molecule has 0 radical (unpaired) electrons. The molecule has 12 nitrogen and oxygen atoms in total. The highest BCUT2D eigenvalue weighted by atomic mass is 32.2. The number of likely N-dealkylation sites (tertiary alicyclic amines) is 1. The van der Waals surface area contributed by atoms with Crippen molar-refractivity contribution < 1.29 is 26.9 Å². The molecule has 11 unspecified atom stereocenters. The molecule has 0 amide bonds. The van der Waals surface area contributed by atoms with Gasteiger partial charge >= 0.3 is 0 Å². The van der Waals surface area contributed by atoms with Gasteiger partial charge in [-0.3, -0.25) is 36.4 Å². The van der Waals surface area contributed by atoms with E-state index < -0.39 is 55.3 Å². The van der Waals surface area contributed by atoms with E-state index in [4.69, 9.17) is 4.74 Å². The zero-order valence-corrected chi connectivity index (χ0v) is 25.9. The third-order valence-electron chi connectivity index (χ3n) is 9.66. The fraction of sp³-hybridized carbons (Fsp3) is 1.00. The number of piperidine rings is 1. The summed E-state index contributed by atoms with van der Waals surface area (Å²) in [5.74, 6) is -1.36. The van der Waals surface area contributed by atoms with E-state index in [9.17, 15) is 22.9 Å². The molecule has 0 bridgehead atoms. The number of methoxy groups -OCH3 is 1. The summed E-state index contributed by atoms with van der Waals surface area (Å²) in [5, 5.41) is 20.7. The maximum Gasteiger partial charge on any atom is 0.244 e. The van der Waals surface area contributed by atoms with Crippen LogP contribution in [0.2, 0.25) is 0 Å². The molecule has 5 aliphatic rings. The third-order valence-corrected chi connectivity index (χ3v) is 13.4. The van der Waals surface area contributed by atoms with Crippen molar-refractivity contribution >= 4 is 21.6 Å². The molecule has 5 N–H and O–H groups in total. The molecule has 5 fully saturated rings. The van der Waals surface area contributed by atoms with Gasteiger partial charge in [-0.25, -0.2) is 22.6 Å². The second-order valence-electron chi connectivity index (χ2n) is 12.5. The van der Waals surface area contributed by atoms with E-state index in [-0.39, 0.29) is 42.9 Å². The lowest BCUT2D eigenvalue weighted by Gasteiger charge is -2.49. The number of hydrogen-bond acceptors (Lipinski definition) is 12. The van der Waals surface area contributed by atoms with Gasteiger partial charge in [0, 0.05) is 36.2 Å². The van der Waals surface area contributed by atoms with Gasteiger partial charge in [0.2, 0.25) is 6.04 Å². The summed E-state index contributed by atoms with van der Waals surface area (Å²) >= 11 is 1.46. The van der Waals surface area contributed by atoms with Gasteiger partial charge in [-0.15, -0.1) is 11.8 Å². The second kappa shape index (κ2) is 14.6. The summed E-state index contributed by atoms with van der Waals surface area (Å²) in [5.41, 5.74) is 6.10. The van der Waals surface area contributed by atoms with Gasteiger partial charge in [-0.1, -0.05) is 6.42 Å². The molecule has 2 aliphatic carbocycles. The van der Waals surface area contributed by atoms with Crippen LogP contribution < -0.4 is 26.8 Å². The smallest absolute Gasteiger partial charge is 0.244 e. The number of nitro groups is 1. The van der Waals surface area contributed by atoms with E-state index >= 15 is 4.39 Å². The number of rotatable bonds is 10. The van der Waals surface area contributed by atoms with Crippen LogP contribution in [0.5, 0.6) is 0 Å². The quantitative estimate of drug-likeness (QED) is 0.173. The van der Waals surface area contributed by atoms with Crippen LogP contribution in [0.4, 0.5) is 8.78 Å². The van der Waals surface area contributed by atoms with Gasteiger partial charge in [0.25, 0.3) is 0 Å². The summed E-state index contributed by atoms with van der Waals surface area (Å²) < 4.78 is 62.9. The molecule has 0 spiro atoms. The number of nitrogens with one attached hydrogen (secondary N) is 5. The summed E-state index contributed by atoms with van der Waals surface area (Å²) in [6.45, 7) is 2.78. The highest BCUT2D eigenvalue weighted by molar-refractivity contribution is 8.00. The molecular weight excluding hydrogens is 592 g/mol. The molecule has 0 aromatic heterocycles. The molecule has 0 aromatic rings. The Kier molecular flexibility index (Phi) is 11.3. The molecule has 3 saturated heterocycles. The normalized spacial score (nSPS) is 42.4. The van der Waals surface area contributed by atoms with Crippen molar-refractivity contribution in [3.8, 4) is 0 Å². The summed E-state index contributed by atoms with van der Waals surface area (Å²) in [6, 6.07) is -1.36. The minimum atomic E-state index is -3.80. The number of hydrogen-bond donors (Lipinski definition) is 5. The predicted molar refractivity (Wildman–Crippen MR) is 157 cm³/mol. The Morgan fingerprint density at radius 3 is 2.52 bits per heavy atom. The van der Waals surface area contributed by atoms with E-state index in [0.29, 0.717) is 25.7 Å². The number of nitrogens with zero attached hydrogens (tertiary/aromatic N) is 2. The number of thioether (sulfide) groups is 1. The first-order chi connectivity index (χ1) is 20.2. The molecule has 42 heavy (non-hydrogen) atoms. The minimum Gasteiger partial charge on any atom is -0.375 e. The Morgan fingerprint density at radius 1 is 1.07 bits per heavy atom. The number of sulfone groups is 1. The molecule has 242 valence electrons. The van der Waals surface area contributed by atoms with Gasteiger partial charge < -0.3 is 4.74 Å². The number of hydrazine groups is 1. The maximum absolute atomic E-state index is 15.7. The highest BCUT2D eigenvalue weighted by Crippen LogP contribution is 2.38. The average molecular weight is 640 g/mol. The summed E-state index contributed by atoms with van der Waals surface area (Å²) in [6.07, 6.45) is 2.23. The van der Waals surface area contributed by atoms with Crippen LogP contribution in [-0.2, 0) is 14.6 Å². The molecule has 3 heterocycles. The number of ether oxygens (including phenoxy) is 1. The van der Waals surface area contributed by atoms with Crippen LogP contribution >= 0.6 is 11.8 Å². The first-order valence-corrected chi connectivity index (χ1v) is 18.1. The highest BCUT2D eigenvalue weighted by Gasteiger charge is 2.47. The van der Waals surface area contributed by atoms with Gasteiger partial charge in [-0.05, 0) is 64.5 Å². The molecule has 0 aromatic carbocycles. The molecule has 16 heteroatoms. The zero-order chi connectivity index (χ0) is 29.9. The van der Waals surface area contributed by atoms with Crippen LogP contribution in [0.3, 0.4) is 0 Å². The van der Waals surface area contributed by atoms with E-state index in [1.807, 2.05) is 0 Å². The topological polar surface area (TPSA) is 150 Å². The van der Waals surface area contributed by atoms with Crippen molar-refractivity contribution in [2.75, 3.05) is 32.5 Å². The van der Waals surface area contributed by atoms with Crippen molar-refractivity contribution in [3.05, 3.63) is 10.1 Å². The molecule has 11 atom stereocenters. The van der Waals surface area contributed by atoms with E-state index in [2.05, 4.69) is 31.7 Å². The Labute approximate surface area is 251 Å². The molecule has 5 rings (SSSR count). The fourth-order valence-electron chi connectivity index (χ4n) is 7.32. The zero-order valence-electron chi connectivity index (χ0n) is 24.3. The first-order valence-electron chi connectivity index (χ1n) is 15.5. The van der Waals surface area contributed by atoms with Crippen LogP contribution in [0, 0.1) is 16.0 Å². The average Bonchev–Trinajstić information content (AvgIpc) is 3.48. The van der Waals surface area contributed by atoms with E-state index in [0.717, 1.165) is 38.9 Å². The van der Waals surface area contributed by atoms with Gasteiger partial charge in [0.1, 0.15) is 17.8 Å². The van der Waals surface area contributed by atoms with Crippen molar-refractivity contribution in [2.24, 2.45) is 5.92 Å². The van der Waals surface area contributed by atoms with Crippen LogP contribution in [0.15, 0.2) is 0 Å². The van der Waals surface area contributed by atoms with Crippen molar-refractivity contribution in [2.45, 2.75) is 123 Å². The Balaban J connectivity index is 1.20. The predicted octanol–water partition coefficient (Wildman–Crippen LogP) is 1.22. The Morgan fingerprint density at radius 2 is 1.86 bits per heavy atom. The Bertz CT molecular complexity index is 1010. The lowest BCUT2D eigenvalue weighted by Crippen LogP contribution is -2.75. The third kappa shape index (κ3) is 7.73. The van der Waals surface area contributed by atoms with Crippen LogP contribution in [0.1, 0.15) is 64.2 Å². The first kappa shape index (κ1) is 32.7. The largest absolute Gasteiger partial charge is 0.375 e. The van der Waals surface area contributed by atoms with Gasteiger partial charge in [-0.2, -0.15) is 0 Å². The van der Waals surface area contributed by atoms with Crippen LogP contribution in [0.25, 0.3) is 0 Å². The number of alkyl halides is 2. The van der Waals surface area contributed by atoms with E-state index in [1.165, 1.54) is 18.2 Å². The molecule has 3 aliphatic heterocycles.